The van der Waals surface area contributed by atoms with Crippen LogP contribution in [0.15, 0.2) is 0 Å². The van der Waals surface area contributed by atoms with Gasteiger partial charge in [-0.1, -0.05) is 0 Å². The van der Waals surface area contributed by atoms with Gasteiger partial charge in [0, 0.05) is 32.3 Å². The zero-order chi connectivity index (χ0) is 11.6. The lowest BCUT2D eigenvalue weighted by molar-refractivity contribution is -0.147. The van der Waals surface area contributed by atoms with Crippen molar-refractivity contribution in [2.24, 2.45) is 11.1 Å². The van der Waals surface area contributed by atoms with E-state index >= 15 is 0 Å². The second-order valence-corrected chi connectivity index (χ2v) is 5.09. The Morgan fingerprint density at radius 2 is 2.12 bits per heavy atom. The number of ether oxygens (including phenoxy) is 1. The summed E-state index contributed by atoms with van der Waals surface area (Å²) in [4.78, 5) is 14.6. The quantitative estimate of drug-likeness (QED) is 0.813. The number of amides is 1. The third-order valence-electron chi connectivity index (χ3n) is 4.11. The topological polar surface area (TPSA) is 55.6 Å². The van der Waals surface area contributed by atoms with Crippen LogP contribution in [0.2, 0.25) is 0 Å². The van der Waals surface area contributed by atoms with E-state index in [0.717, 1.165) is 32.2 Å². The van der Waals surface area contributed by atoms with Crippen LogP contribution in [-0.2, 0) is 9.53 Å². The van der Waals surface area contributed by atoms with Crippen LogP contribution in [0, 0.1) is 5.41 Å². The van der Waals surface area contributed by atoms with Crippen molar-refractivity contribution < 1.29 is 9.53 Å². The predicted molar refractivity (Wildman–Crippen MR) is 69.2 cm³/mol. The predicted octanol–water partition coefficient (Wildman–Crippen LogP) is 1.17. The molecule has 2 aliphatic heterocycles. The molecule has 0 aromatic heterocycles. The molecule has 2 aliphatic rings. The van der Waals surface area contributed by atoms with Gasteiger partial charge < -0.3 is 15.4 Å². The van der Waals surface area contributed by atoms with Gasteiger partial charge in [0.05, 0.1) is 5.41 Å². The van der Waals surface area contributed by atoms with Crippen molar-refractivity contribution in [2.45, 2.75) is 38.6 Å². The maximum absolute atomic E-state index is 12.6. The second kappa shape index (κ2) is 6.03. The molecule has 0 aliphatic carbocycles. The number of carbonyl (C=O) groups is 1. The molecule has 2 N–H and O–H groups in total. The van der Waals surface area contributed by atoms with Gasteiger partial charge in [0.25, 0.3) is 0 Å². The molecule has 0 saturated carbocycles. The van der Waals surface area contributed by atoms with E-state index < -0.39 is 0 Å². The van der Waals surface area contributed by atoms with Crippen molar-refractivity contribution in [3.8, 4) is 0 Å². The molecule has 2 fully saturated rings. The molecule has 1 unspecified atom stereocenters. The van der Waals surface area contributed by atoms with Crippen molar-refractivity contribution in [3.63, 3.8) is 0 Å². The molecule has 100 valence electrons. The van der Waals surface area contributed by atoms with E-state index in [0.29, 0.717) is 25.8 Å². The molecule has 0 spiro atoms. The molecule has 0 aromatic carbocycles. The third-order valence-corrected chi connectivity index (χ3v) is 4.11. The van der Waals surface area contributed by atoms with Crippen LogP contribution in [0.3, 0.4) is 0 Å². The fraction of sp³-hybridized carbons (Fsp3) is 0.917. The largest absolute Gasteiger partial charge is 0.381 e. The molecule has 2 saturated heterocycles. The van der Waals surface area contributed by atoms with E-state index in [1.165, 1.54) is 0 Å². The Bertz CT molecular complexity index is 267. The number of likely N-dealkylation sites (tertiary alicyclic amines) is 1. The van der Waals surface area contributed by atoms with Crippen molar-refractivity contribution in [1.82, 2.24) is 4.90 Å². The number of hydrogen-bond acceptors (Lipinski definition) is 3. The highest BCUT2D eigenvalue weighted by Gasteiger charge is 2.43. The molecule has 1 amide bonds. The first-order valence-corrected chi connectivity index (χ1v) is 6.28. The molecular formula is C12H23ClN2O2. The summed E-state index contributed by atoms with van der Waals surface area (Å²) in [5, 5.41) is 0. The summed E-state index contributed by atoms with van der Waals surface area (Å²) in [6.45, 7) is 4.84. The molecule has 0 aromatic rings. The minimum Gasteiger partial charge on any atom is -0.381 e. The number of hydrogen-bond donors (Lipinski definition) is 1. The van der Waals surface area contributed by atoms with E-state index in [1.54, 1.807) is 0 Å². The van der Waals surface area contributed by atoms with Crippen LogP contribution >= 0.6 is 12.4 Å². The van der Waals surface area contributed by atoms with E-state index in [4.69, 9.17) is 10.5 Å². The minimum absolute atomic E-state index is 0. The van der Waals surface area contributed by atoms with Gasteiger partial charge in [-0.2, -0.15) is 0 Å². The molecule has 0 radical (unpaired) electrons. The van der Waals surface area contributed by atoms with Crippen LogP contribution in [0.1, 0.15) is 32.6 Å². The molecule has 1 atom stereocenters. The van der Waals surface area contributed by atoms with Crippen molar-refractivity contribution in [3.05, 3.63) is 0 Å². The highest BCUT2D eigenvalue weighted by molar-refractivity contribution is 5.85. The standard InChI is InChI=1S/C12H22N2O2.ClH/c1-10-3-2-6-14(10)11(15)12(9-13)4-7-16-8-5-12;/h10H,2-9,13H2,1H3;1H. The maximum atomic E-state index is 12.6. The van der Waals surface area contributed by atoms with Crippen molar-refractivity contribution in [2.75, 3.05) is 26.3 Å². The maximum Gasteiger partial charge on any atom is 0.230 e. The Balaban J connectivity index is 0.00000144. The lowest BCUT2D eigenvalue weighted by atomic mass is 9.78. The Morgan fingerprint density at radius 3 is 2.59 bits per heavy atom. The minimum atomic E-state index is -0.336. The summed E-state index contributed by atoms with van der Waals surface area (Å²) in [7, 11) is 0. The Labute approximate surface area is 109 Å². The zero-order valence-corrected chi connectivity index (χ0v) is 11.3. The lowest BCUT2D eigenvalue weighted by Crippen LogP contribution is -2.51. The highest BCUT2D eigenvalue weighted by atomic mass is 35.5. The first-order valence-electron chi connectivity index (χ1n) is 6.28. The number of nitrogens with zero attached hydrogens (tertiary/aromatic N) is 1. The fourth-order valence-electron chi connectivity index (χ4n) is 2.81. The Hall–Kier alpha value is -0.320. The molecule has 2 rings (SSSR count). The summed E-state index contributed by atoms with van der Waals surface area (Å²) in [6.07, 6.45) is 3.82. The smallest absolute Gasteiger partial charge is 0.230 e. The van der Waals surface area contributed by atoms with Gasteiger partial charge in [0.1, 0.15) is 0 Å². The number of halogens is 1. The monoisotopic (exact) mass is 262 g/mol. The van der Waals surface area contributed by atoms with E-state index in [-0.39, 0.29) is 23.7 Å². The number of rotatable bonds is 2. The highest BCUT2D eigenvalue weighted by Crippen LogP contribution is 2.34. The van der Waals surface area contributed by atoms with E-state index in [1.807, 2.05) is 4.90 Å². The first kappa shape index (κ1) is 14.7. The van der Waals surface area contributed by atoms with Crippen molar-refractivity contribution in [1.29, 1.82) is 0 Å². The van der Waals surface area contributed by atoms with Gasteiger partial charge in [-0.3, -0.25) is 4.79 Å². The van der Waals surface area contributed by atoms with Crippen LogP contribution < -0.4 is 5.73 Å². The summed E-state index contributed by atoms with van der Waals surface area (Å²) in [6, 6.07) is 0.388. The summed E-state index contributed by atoms with van der Waals surface area (Å²) in [5.74, 6) is 0.267. The molecular weight excluding hydrogens is 240 g/mol. The van der Waals surface area contributed by atoms with Gasteiger partial charge in [-0.05, 0) is 32.6 Å². The van der Waals surface area contributed by atoms with Crippen molar-refractivity contribution >= 4 is 18.3 Å². The molecule has 5 heteroatoms. The Kier molecular flexibility index (Phi) is 5.22. The summed E-state index contributed by atoms with van der Waals surface area (Å²) >= 11 is 0. The van der Waals surface area contributed by atoms with Gasteiger partial charge >= 0.3 is 0 Å². The van der Waals surface area contributed by atoms with Crippen LogP contribution in [0.5, 0.6) is 0 Å². The normalized spacial score (nSPS) is 27.6. The second-order valence-electron chi connectivity index (χ2n) is 5.09. The van der Waals surface area contributed by atoms with E-state index in [9.17, 15) is 4.79 Å². The average Bonchev–Trinajstić information content (AvgIpc) is 2.75. The first-order chi connectivity index (χ1) is 7.69. The van der Waals surface area contributed by atoms with Gasteiger partial charge in [-0.15, -0.1) is 12.4 Å². The van der Waals surface area contributed by atoms with E-state index in [2.05, 4.69) is 6.92 Å². The number of carbonyl (C=O) groups excluding carboxylic acids is 1. The Morgan fingerprint density at radius 1 is 1.47 bits per heavy atom. The molecule has 2 heterocycles. The average molecular weight is 263 g/mol. The zero-order valence-electron chi connectivity index (χ0n) is 10.5. The summed E-state index contributed by atoms with van der Waals surface area (Å²) < 4.78 is 5.34. The molecule has 17 heavy (non-hydrogen) atoms. The number of nitrogens with two attached hydrogens (primary N) is 1. The molecule has 0 bridgehead atoms. The van der Waals surface area contributed by atoms with Crippen LogP contribution in [0.25, 0.3) is 0 Å². The lowest BCUT2D eigenvalue weighted by Gasteiger charge is -2.39. The molecule has 4 nitrogen and oxygen atoms in total. The van der Waals surface area contributed by atoms with Gasteiger partial charge in [0.15, 0.2) is 0 Å². The van der Waals surface area contributed by atoms with Gasteiger partial charge in [0.2, 0.25) is 5.91 Å². The van der Waals surface area contributed by atoms with Gasteiger partial charge in [-0.25, -0.2) is 0 Å². The summed E-state index contributed by atoms with van der Waals surface area (Å²) in [5.41, 5.74) is 5.51. The van der Waals surface area contributed by atoms with Crippen LogP contribution in [-0.4, -0.2) is 43.2 Å². The fourth-order valence-corrected chi connectivity index (χ4v) is 2.81. The SMILES string of the molecule is CC1CCCN1C(=O)C1(CN)CCOCC1.Cl. The third kappa shape index (κ3) is 2.75. The van der Waals surface area contributed by atoms with Crippen LogP contribution in [0.4, 0.5) is 0 Å².